The van der Waals surface area contributed by atoms with Crippen LogP contribution in [0, 0.1) is 29.1 Å². The SMILES string of the molecule is CC[C@H](C)[C@H](N)C(=O)C(NC(=O)[C@]1(C(C)C)C(=O)C(NC(=O)Cc2ccccc2)CCC(=O)C1[C@H](O)[C@@H](N)CC(C)C)c1ccccn1. The fourth-order valence-corrected chi connectivity index (χ4v) is 6.80. The quantitative estimate of drug-likeness (QED) is 0.141. The van der Waals surface area contributed by atoms with Gasteiger partial charge in [-0.1, -0.05) is 84.4 Å². The smallest absolute Gasteiger partial charge is 0.235 e. The first-order chi connectivity index (χ1) is 22.7. The topological polar surface area (TPSA) is 195 Å². The van der Waals surface area contributed by atoms with Gasteiger partial charge in [0.15, 0.2) is 11.6 Å². The van der Waals surface area contributed by atoms with Gasteiger partial charge in [-0.15, -0.1) is 0 Å². The van der Waals surface area contributed by atoms with Crippen LogP contribution in [0.5, 0.6) is 0 Å². The minimum absolute atomic E-state index is 0.0193. The number of Topliss-reactive ketones (excluding diaryl/α,β-unsaturated/α-hetero) is 3. The van der Waals surface area contributed by atoms with E-state index < -0.39 is 76.7 Å². The second kappa shape index (κ2) is 17.0. The summed E-state index contributed by atoms with van der Waals surface area (Å²) in [5, 5.41) is 17.3. The van der Waals surface area contributed by atoms with E-state index in [9.17, 15) is 29.1 Å². The highest BCUT2D eigenvalue weighted by atomic mass is 16.3. The van der Waals surface area contributed by atoms with Gasteiger partial charge >= 0.3 is 0 Å². The minimum atomic E-state index is -2.21. The Balaban J connectivity index is 2.17. The van der Waals surface area contributed by atoms with E-state index in [1.165, 1.54) is 6.20 Å². The average Bonchev–Trinajstić information content (AvgIpc) is 3.16. The van der Waals surface area contributed by atoms with Crippen LogP contribution in [-0.2, 0) is 30.4 Å². The van der Waals surface area contributed by atoms with Crippen LogP contribution in [0.4, 0.5) is 0 Å². The van der Waals surface area contributed by atoms with E-state index in [4.69, 9.17) is 11.5 Å². The highest BCUT2D eigenvalue weighted by molar-refractivity contribution is 6.14. The number of nitrogens with zero attached hydrogens (tertiary/aromatic N) is 1. The highest BCUT2D eigenvalue weighted by Gasteiger charge is 2.62. The van der Waals surface area contributed by atoms with Gasteiger partial charge in [0, 0.05) is 18.7 Å². The summed E-state index contributed by atoms with van der Waals surface area (Å²) in [6.45, 7) is 10.8. The summed E-state index contributed by atoms with van der Waals surface area (Å²) in [7, 11) is 0. The molecule has 1 aliphatic carbocycles. The average molecular weight is 664 g/mol. The molecular weight excluding hydrogens is 610 g/mol. The Kier molecular flexibility index (Phi) is 13.7. The predicted molar refractivity (Wildman–Crippen MR) is 183 cm³/mol. The van der Waals surface area contributed by atoms with Gasteiger partial charge in [-0.3, -0.25) is 29.0 Å². The molecule has 11 nitrogen and oxygen atoms in total. The van der Waals surface area contributed by atoms with Crippen molar-refractivity contribution in [2.75, 3.05) is 0 Å². The number of ketones is 3. The fraction of sp³-hybridized carbons (Fsp3) is 0.568. The molecule has 0 radical (unpaired) electrons. The molecule has 3 rings (SSSR count). The number of rotatable bonds is 15. The number of hydrogen-bond donors (Lipinski definition) is 5. The molecule has 3 unspecified atom stereocenters. The van der Waals surface area contributed by atoms with Crippen molar-refractivity contribution in [3.8, 4) is 0 Å². The molecule has 2 amide bonds. The van der Waals surface area contributed by atoms with Gasteiger partial charge in [0.05, 0.1) is 36.2 Å². The molecule has 2 aromatic rings. The Bertz CT molecular complexity index is 1420. The molecular formula is C37H53N5O6. The number of aliphatic hydroxyl groups is 1. The van der Waals surface area contributed by atoms with Gasteiger partial charge in [0.1, 0.15) is 17.2 Å². The van der Waals surface area contributed by atoms with Crippen LogP contribution in [0.3, 0.4) is 0 Å². The van der Waals surface area contributed by atoms with Crippen LogP contribution in [-0.4, -0.2) is 63.5 Å². The van der Waals surface area contributed by atoms with Gasteiger partial charge in [0.2, 0.25) is 11.8 Å². The molecule has 1 fully saturated rings. The van der Waals surface area contributed by atoms with Crippen LogP contribution in [0.15, 0.2) is 54.7 Å². The molecule has 7 N–H and O–H groups in total. The molecule has 1 saturated carbocycles. The molecule has 1 aliphatic rings. The maximum Gasteiger partial charge on any atom is 0.235 e. The lowest BCUT2D eigenvalue weighted by molar-refractivity contribution is -0.162. The number of hydrogen-bond acceptors (Lipinski definition) is 9. The third-order valence-corrected chi connectivity index (χ3v) is 9.72. The maximum atomic E-state index is 14.9. The van der Waals surface area contributed by atoms with E-state index in [0.717, 1.165) is 5.56 Å². The molecule has 0 saturated heterocycles. The Hall–Kier alpha value is -3.80. The van der Waals surface area contributed by atoms with Crippen LogP contribution in [0.2, 0.25) is 0 Å². The standard InChI is InChI=1S/C37H53N5O6/c1-7-23(6)31(39)34(46)32(26-15-11-12-18-40-26)42-36(48)37(22(4)5)30(33(45)25(38)19-21(2)3)28(43)17-16-27(35(37)47)41-29(44)20-24-13-9-8-10-14-24/h8-15,18,21-23,25,27,30-33,45H,7,16-17,19-20,38-39H2,1-6H3,(H,41,44)(H,42,48)/t23-,25-,27?,30?,31-,32?,33+,37-/m0/s1. The van der Waals surface area contributed by atoms with Gasteiger partial charge in [0.25, 0.3) is 0 Å². The number of benzene rings is 1. The van der Waals surface area contributed by atoms with E-state index in [2.05, 4.69) is 15.6 Å². The van der Waals surface area contributed by atoms with E-state index in [1.54, 1.807) is 56.3 Å². The first-order valence-corrected chi connectivity index (χ1v) is 17.0. The van der Waals surface area contributed by atoms with E-state index in [1.807, 2.05) is 33.8 Å². The van der Waals surface area contributed by atoms with Crippen LogP contribution in [0.25, 0.3) is 0 Å². The summed E-state index contributed by atoms with van der Waals surface area (Å²) < 4.78 is 0. The molecule has 0 spiro atoms. The zero-order chi connectivity index (χ0) is 35.8. The van der Waals surface area contributed by atoms with Crippen molar-refractivity contribution in [1.29, 1.82) is 0 Å². The number of nitrogens with one attached hydrogen (secondary N) is 2. The first kappa shape index (κ1) is 38.6. The lowest BCUT2D eigenvalue weighted by Gasteiger charge is -2.44. The molecule has 0 bridgehead atoms. The Morgan fingerprint density at radius 2 is 1.65 bits per heavy atom. The first-order valence-electron chi connectivity index (χ1n) is 17.0. The van der Waals surface area contributed by atoms with Crippen LogP contribution >= 0.6 is 0 Å². The number of amides is 2. The molecule has 8 atom stereocenters. The zero-order valence-corrected chi connectivity index (χ0v) is 29.0. The molecule has 262 valence electrons. The minimum Gasteiger partial charge on any atom is -0.391 e. The van der Waals surface area contributed by atoms with Crippen LogP contribution < -0.4 is 22.1 Å². The lowest BCUT2D eigenvalue weighted by atomic mass is 9.59. The maximum absolute atomic E-state index is 14.9. The molecule has 11 heteroatoms. The van der Waals surface area contributed by atoms with Gasteiger partial charge in [-0.2, -0.15) is 0 Å². The van der Waals surface area contributed by atoms with E-state index in [0.29, 0.717) is 12.8 Å². The Morgan fingerprint density at radius 3 is 2.21 bits per heavy atom. The van der Waals surface area contributed by atoms with Crippen molar-refractivity contribution >= 4 is 29.2 Å². The summed E-state index contributed by atoms with van der Waals surface area (Å²) >= 11 is 0. The van der Waals surface area contributed by atoms with Crippen molar-refractivity contribution in [1.82, 2.24) is 15.6 Å². The molecule has 0 aliphatic heterocycles. The predicted octanol–water partition coefficient (Wildman–Crippen LogP) is 2.83. The monoisotopic (exact) mass is 663 g/mol. The van der Waals surface area contributed by atoms with Crippen molar-refractivity contribution in [3.63, 3.8) is 0 Å². The number of nitrogens with two attached hydrogens (primary N) is 2. The summed E-state index contributed by atoms with van der Waals surface area (Å²) in [5.41, 5.74) is 11.6. The Labute approximate surface area is 284 Å². The second-order valence-corrected chi connectivity index (χ2v) is 13.9. The summed E-state index contributed by atoms with van der Waals surface area (Å²) in [6, 6.07) is 9.42. The van der Waals surface area contributed by atoms with Crippen LogP contribution in [0.1, 0.15) is 84.5 Å². The number of aromatic nitrogens is 1. The van der Waals surface area contributed by atoms with Gasteiger partial charge < -0.3 is 27.2 Å². The van der Waals surface area contributed by atoms with Crippen molar-refractivity contribution in [2.45, 2.75) is 104 Å². The summed E-state index contributed by atoms with van der Waals surface area (Å²) in [5.74, 6) is -5.73. The Morgan fingerprint density at radius 1 is 1.00 bits per heavy atom. The normalized spacial score (nSPS) is 23.1. The number of aliphatic hydroxyl groups excluding tert-OH is 1. The van der Waals surface area contributed by atoms with Crippen molar-refractivity contribution < 1.29 is 29.1 Å². The van der Waals surface area contributed by atoms with Crippen molar-refractivity contribution in [3.05, 3.63) is 66.0 Å². The summed E-state index contributed by atoms with van der Waals surface area (Å²) in [6.07, 6.45) is 0.572. The van der Waals surface area contributed by atoms with Gasteiger partial charge in [-0.05, 0) is 48.3 Å². The number of carbonyl (C=O) groups excluding carboxylic acids is 5. The number of carbonyl (C=O) groups is 5. The zero-order valence-electron chi connectivity index (χ0n) is 29.0. The molecule has 48 heavy (non-hydrogen) atoms. The second-order valence-electron chi connectivity index (χ2n) is 13.9. The molecule has 1 heterocycles. The highest BCUT2D eigenvalue weighted by Crippen LogP contribution is 2.45. The van der Waals surface area contributed by atoms with E-state index in [-0.39, 0.29) is 36.8 Å². The third kappa shape index (κ3) is 8.61. The summed E-state index contributed by atoms with van der Waals surface area (Å²) in [4.78, 5) is 75.4. The molecule has 1 aromatic heterocycles. The third-order valence-electron chi connectivity index (χ3n) is 9.72. The van der Waals surface area contributed by atoms with Crippen molar-refractivity contribution in [2.24, 2.45) is 40.6 Å². The van der Waals surface area contributed by atoms with E-state index >= 15 is 0 Å². The fourth-order valence-electron chi connectivity index (χ4n) is 6.80. The molecule has 1 aromatic carbocycles. The largest absolute Gasteiger partial charge is 0.391 e. The lowest BCUT2D eigenvalue weighted by Crippen LogP contribution is -2.65. The number of pyridine rings is 1. The van der Waals surface area contributed by atoms with Gasteiger partial charge in [-0.25, -0.2) is 0 Å².